The minimum Gasteiger partial charge on any atom is -0.550 e. The smallest absolute Gasteiger partial charge is 0.303 e. The van der Waals surface area contributed by atoms with E-state index in [2.05, 4.69) is 19.1 Å². The topological polar surface area (TPSA) is 115 Å². The molecule has 7 heteroatoms. The lowest BCUT2D eigenvalue weighted by atomic mass is 10.0. The fourth-order valence-corrected chi connectivity index (χ4v) is 4.89. The van der Waals surface area contributed by atoms with Crippen LogP contribution in [0.1, 0.15) is 129 Å². The number of allylic oxidation sites excluding steroid dienone is 2. The van der Waals surface area contributed by atoms with Crippen LogP contribution in [0.25, 0.3) is 0 Å². The molecule has 0 aromatic carbocycles. The number of carboxylic acid groups (broad SMARTS) is 3. The van der Waals surface area contributed by atoms with Crippen molar-refractivity contribution >= 4 is 17.9 Å². The van der Waals surface area contributed by atoms with Gasteiger partial charge in [0.05, 0.1) is 26.2 Å². The third kappa shape index (κ3) is 22.6. The van der Waals surface area contributed by atoms with Crippen LogP contribution >= 0.6 is 0 Å². The van der Waals surface area contributed by atoms with E-state index in [9.17, 15) is 19.5 Å². The Labute approximate surface area is 219 Å². The molecule has 0 aliphatic heterocycles. The van der Waals surface area contributed by atoms with Crippen molar-refractivity contribution in [3.63, 3.8) is 0 Å². The molecule has 0 heterocycles. The Morgan fingerprint density at radius 2 is 0.972 bits per heavy atom. The maximum absolute atomic E-state index is 10.9. The molecule has 0 aromatic heterocycles. The third-order valence-corrected chi connectivity index (χ3v) is 6.97. The second-order valence-corrected chi connectivity index (χ2v) is 10.3. The number of carboxylic acids is 3. The minimum atomic E-state index is -1.02. The van der Waals surface area contributed by atoms with Crippen LogP contribution in [0.5, 0.6) is 0 Å². The molecule has 36 heavy (non-hydrogen) atoms. The van der Waals surface area contributed by atoms with E-state index in [1.807, 2.05) is 0 Å². The third-order valence-electron chi connectivity index (χ3n) is 6.97. The molecule has 0 aliphatic carbocycles. The Morgan fingerprint density at radius 3 is 1.39 bits per heavy atom. The number of hydrogen-bond donors (Lipinski definition) is 2. The first-order valence-corrected chi connectivity index (χ1v) is 14.4. The lowest BCUT2D eigenvalue weighted by molar-refractivity contribution is -0.929. The second-order valence-electron chi connectivity index (χ2n) is 10.3. The molecule has 210 valence electrons. The number of nitrogens with zero attached hydrogens (tertiary/aromatic N) is 1. The van der Waals surface area contributed by atoms with Crippen molar-refractivity contribution in [1.29, 1.82) is 0 Å². The van der Waals surface area contributed by atoms with E-state index in [-0.39, 0.29) is 19.3 Å². The van der Waals surface area contributed by atoms with Crippen molar-refractivity contribution in [1.82, 2.24) is 0 Å². The van der Waals surface area contributed by atoms with Crippen molar-refractivity contribution in [3.05, 3.63) is 12.2 Å². The molecule has 0 saturated carbocycles. The first-order chi connectivity index (χ1) is 17.3. The molecule has 0 amide bonds. The van der Waals surface area contributed by atoms with Crippen LogP contribution in [-0.4, -0.2) is 58.8 Å². The van der Waals surface area contributed by atoms with E-state index in [1.165, 1.54) is 51.4 Å². The van der Waals surface area contributed by atoms with Gasteiger partial charge in [-0.1, -0.05) is 51.2 Å². The first-order valence-electron chi connectivity index (χ1n) is 14.4. The average molecular weight is 512 g/mol. The number of unbranched alkanes of at least 4 members (excludes halogenated alkanes) is 11. The fraction of sp³-hybridized carbons (Fsp3) is 0.828. The minimum absolute atomic E-state index is 0.0624. The van der Waals surface area contributed by atoms with E-state index >= 15 is 0 Å². The first kappa shape index (κ1) is 34.1. The Balaban J connectivity index is 4.65. The Morgan fingerprint density at radius 1 is 0.583 bits per heavy atom. The molecule has 0 aromatic rings. The molecule has 7 nitrogen and oxygen atoms in total. The summed E-state index contributed by atoms with van der Waals surface area (Å²) in [4.78, 5) is 32.7. The Hall–Kier alpha value is -1.89. The van der Waals surface area contributed by atoms with Crippen LogP contribution in [-0.2, 0) is 14.4 Å². The van der Waals surface area contributed by atoms with Crippen LogP contribution in [0.2, 0.25) is 0 Å². The summed E-state index contributed by atoms with van der Waals surface area (Å²) in [5.74, 6) is -2.57. The lowest BCUT2D eigenvalue weighted by Crippen LogP contribution is -2.51. The quantitative estimate of drug-likeness (QED) is 0.0829. The lowest BCUT2D eigenvalue weighted by Gasteiger charge is -2.39. The summed E-state index contributed by atoms with van der Waals surface area (Å²) in [6, 6.07) is 0. The SMILES string of the molecule is CC/C=C/CCCCCCCCCC[N+](CCCCC(=O)[O-])(CCCCC(=O)O)CCCCC(=O)O. The molecular formula is C29H53NO6. The molecule has 2 N–H and O–H groups in total. The highest BCUT2D eigenvalue weighted by molar-refractivity contribution is 5.66. The van der Waals surface area contributed by atoms with Crippen LogP contribution in [0.4, 0.5) is 0 Å². The highest BCUT2D eigenvalue weighted by Crippen LogP contribution is 2.19. The zero-order chi connectivity index (χ0) is 26.9. The van der Waals surface area contributed by atoms with Gasteiger partial charge in [-0.2, -0.15) is 0 Å². The fourth-order valence-electron chi connectivity index (χ4n) is 4.89. The van der Waals surface area contributed by atoms with Gasteiger partial charge in [0.25, 0.3) is 0 Å². The summed E-state index contributed by atoms with van der Waals surface area (Å²) < 4.78 is 0.845. The van der Waals surface area contributed by atoms with Crippen molar-refractivity contribution < 1.29 is 34.2 Å². The van der Waals surface area contributed by atoms with Crippen molar-refractivity contribution in [2.75, 3.05) is 26.2 Å². The van der Waals surface area contributed by atoms with Crippen LogP contribution in [0.15, 0.2) is 12.2 Å². The highest BCUT2D eigenvalue weighted by Gasteiger charge is 2.26. The van der Waals surface area contributed by atoms with Gasteiger partial charge in [0, 0.05) is 18.8 Å². The highest BCUT2D eigenvalue weighted by atomic mass is 16.4. The van der Waals surface area contributed by atoms with Gasteiger partial charge < -0.3 is 24.6 Å². The predicted octanol–water partition coefficient (Wildman–Crippen LogP) is 5.71. The largest absolute Gasteiger partial charge is 0.550 e. The molecule has 0 aliphatic rings. The summed E-state index contributed by atoms with van der Waals surface area (Å²) in [5.41, 5.74) is 0. The van der Waals surface area contributed by atoms with Gasteiger partial charge in [0.1, 0.15) is 0 Å². The summed E-state index contributed by atoms with van der Waals surface area (Å²) in [7, 11) is 0. The molecular weight excluding hydrogens is 458 g/mol. The van der Waals surface area contributed by atoms with Crippen LogP contribution < -0.4 is 5.11 Å². The molecule has 0 bridgehead atoms. The summed E-state index contributed by atoms with van der Waals surface area (Å²) >= 11 is 0. The maximum atomic E-state index is 10.9. The average Bonchev–Trinajstić information content (AvgIpc) is 2.82. The van der Waals surface area contributed by atoms with E-state index in [4.69, 9.17) is 10.2 Å². The molecule has 0 fully saturated rings. The van der Waals surface area contributed by atoms with Crippen molar-refractivity contribution in [3.8, 4) is 0 Å². The van der Waals surface area contributed by atoms with E-state index < -0.39 is 17.9 Å². The summed E-state index contributed by atoms with van der Waals surface area (Å²) in [5, 5.41) is 28.8. The molecule has 0 radical (unpaired) electrons. The summed E-state index contributed by atoms with van der Waals surface area (Å²) in [6.45, 7) is 5.76. The van der Waals surface area contributed by atoms with Gasteiger partial charge >= 0.3 is 11.9 Å². The van der Waals surface area contributed by atoms with E-state index in [1.54, 1.807) is 0 Å². The van der Waals surface area contributed by atoms with E-state index in [0.717, 1.165) is 62.8 Å². The van der Waals surface area contributed by atoms with Gasteiger partial charge in [-0.15, -0.1) is 0 Å². The van der Waals surface area contributed by atoms with Gasteiger partial charge in [0.15, 0.2) is 0 Å². The van der Waals surface area contributed by atoms with Gasteiger partial charge in [-0.3, -0.25) is 9.59 Å². The summed E-state index contributed by atoms with van der Waals surface area (Å²) in [6.07, 6.45) is 21.4. The maximum Gasteiger partial charge on any atom is 0.303 e. The molecule has 0 spiro atoms. The number of hydrogen-bond acceptors (Lipinski definition) is 4. The number of carbonyl (C=O) groups is 3. The molecule has 0 atom stereocenters. The number of rotatable bonds is 27. The van der Waals surface area contributed by atoms with Gasteiger partial charge in [0.2, 0.25) is 0 Å². The Bertz CT molecular complexity index is 550. The number of quaternary nitrogens is 1. The van der Waals surface area contributed by atoms with Crippen LogP contribution in [0, 0.1) is 0 Å². The number of aliphatic carboxylic acids is 3. The molecule has 0 saturated heterocycles. The normalized spacial score (nSPS) is 11.8. The van der Waals surface area contributed by atoms with Crippen LogP contribution in [0.3, 0.4) is 0 Å². The van der Waals surface area contributed by atoms with Crippen molar-refractivity contribution in [2.24, 2.45) is 0 Å². The Kier molecular flexibility index (Phi) is 22.3. The van der Waals surface area contributed by atoms with E-state index in [0.29, 0.717) is 19.3 Å². The molecule has 0 rings (SSSR count). The second kappa shape index (κ2) is 23.5. The van der Waals surface area contributed by atoms with Gasteiger partial charge in [-0.05, 0) is 77.0 Å². The standard InChI is InChI=1S/C29H53NO6/c1-2-3-4-5-6-7-8-9-10-11-12-16-23-30(24-17-13-20-27(31)32,25-18-14-21-28(33)34)26-19-15-22-29(35)36/h3-4H,2,5-26H2,1H3,(H2-,31,32,33,34,35,36)/b4-3+. The monoisotopic (exact) mass is 511 g/mol. The van der Waals surface area contributed by atoms with Gasteiger partial charge in [-0.25, -0.2) is 0 Å². The zero-order valence-corrected chi connectivity index (χ0v) is 22.9. The van der Waals surface area contributed by atoms with Crippen molar-refractivity contribution in [2.45, 2.75) is 129 Å². The predicted molar refractivity (Wildman–Crippen MR) is 143 cm³/mol. The zero-order valence-electron chi connectivity index (χ0n) is 22.9. The number of carbonyl (C=O) groups excluding carboxylic acids is 1. The molecule has 0 unspecified atom stereocenters.